The van der Waals surface area contributed by atoms with Crippen molar-refractivity contribution in [3.63, 3.8) is 0 Å². The first kappa shape index (κ1) is 13.8. The van der Waals surface area contributed by atoms with Crippen LogP contribution < -0.4 is 0 Å². The van der Waals surface area contributed by atoms with E-state index in [-0.39, 0.29) is 5.97 Å². The molecular formula is C14H15BrN2O2. The van der Waals surface area contributed by atoms with E-state index in [1.54, 1.807) is 11.6 Å². The Balaban J connectivity index is 2.54. The minimum absolute atomic E-state index is 0.323. The molecule has 2 rings (SSSR count). The van der Waals surface area contributed by atoms with Crippen LogP contribution in [-0.4, -0.2) is 22.4 Å². The van der Waals surface area contributed by atoms with E-state index in [0.29, 0.717) is 17.9 Å². The number of ether oxygens (including phenoxy) is 1. The molecule has 0 N–H and O–H groups in total. The fraction of sp³-hybridized carbons (Fsp3) is 0.286. The van der Waals surface area contributed by atoms with Gasteiger partial charge in [0.2, 0.25) is 0 Å². The van der Waals surface area contributed by atoms with E-state index in [0.717, 1.165) is 15.9 Å². The van der Waals surface area contributed by atoms with E-state index < -0.39 is 0 Å². The molecule has 19 heavy (non-hydrogen) atoms. The molecule has 1 heterocycles. The Hall–Kier alpha value is -1.62. The van der Waals surface area contributed by atoms with Crippen molar-refractivity contribution in [3.05, 3.63) is 45.7 Å². The maximum atomic E-state index is 11.9. The minimum atomic E-state index is -0.323. The zero-order valence-corrected chi connectivity index (χ0v) is 12.7. The molecule has 0 saturated carbocycles. The van der Waals surface area contributed by atoms with Crippen LogP contribution in [0.25, 0.3) is 5.69 Å². The molecule has 0 spiro atoms. The molecule has 0 amide bonds. The Morgan fingerprint density at radius 3 is 2.68 bits per heavy atom. The highest BCUT2D eigenvalue weighted by Crippen LogP contribution is 2.24. The topological polar surface area (TPSA) is 44.1 Å². The molecule has 1 aromatic heterocycles. The van der Waals surface area contributed by atoms with Crippen molar-refractivity contribution in [1.29, 1.82) is 0 Å². The molecule has 2 aromatic rings. The third kappa shape index (κ3) is 2.56. The Bertz CT molecular complexity index is 620. The van der Waals surface area contributed by atoms with Crippen LogP contribution in [-0.2, 0) is 4.74 Å². The van der Waals surface area contributed by atoms with Crippen molar-refractivity contribution < 1.29 is 9.53 Å². The van der Waals surface area contributed by atoms with Gasteiger partial charge in [-0.1, -0.05) is 12.1 Å². The van der Waals surface area contributed by atoms with Gasteiger partial charge >= 0.3 is 5.97 Å². The Morgan fingerprint density at radius 2 is 2.05 bits per heavy atom. The maximum Gasteiger partial charge on any atom is 0.341 e. The predicted octanol–water partition coefficient (Wildman–Crippen LogP) is 3.43. The number of aromatic nitrogens is 2. The second kappa shape index (κ2) is 5.57. The maximum absolute atomic E-state index is 11.9. The fourth-order valence-corrected chi connectivity index (χ4v) is 2.45. The lowest BCUT2D eigenvalue weighted by molar-refractivity contribution is 0.0524. The second-order valence-electron chi connectivity index (χ2n) is 4.13. The quantitative estimate of drug-likeness (QED) is 0.813. The van der Waals surface area contributed by atoms with Gasteiger partial charge in [-0.15, -0.1) is 0 Å². The number of nitrogens with zero attached hydrogens (tertiary/aromatic N) is 2. The number of carbonyl (C=O) groups excluding carboxylic acids is 1. The highest BCUT2D eigenvalue weighted by Gasteiger charge is 2.20. The lowest BCUT2D eigenvalue weighted by atomic mass is 10.2. The van der Waals surface area contributed by atoms with Crippen molar-refractivity contribution in [3.8, 4) is 5.69 Å². The van der Waals surface area contributed by atoms with Gasteiger partial charge in [0.25, 0.3) is 0 Å². The highest BCUT2D eigenvalue weighted by atomic mass is 79.9. The first-order valence-electron chi connectivity index (χ1n) is 6.04. The number of rotatable bonds is 3. The van der Waals surface area contributed by atoms with Crippen LogP contribution in [0, 0.1) is 13.8 Å². The van der Waals surface area contributed by atoms with Gasteiger partial charge in [-0.25, -0.2) is 9.48 Å². The smallest absolute Gasteiger partial charge is 0.341 e. The van der Waals surface area contributed by atoms with E-state index >= 15 is 0 Å². The van der Waals surface area contributed by atoms with Gasteiger partial charge in [0.15, 0.2) is 0 Å². The molecule has 0 aliphatic heterocycles. The lowest BCUT2D eigenvalue weighted by Gasteiger charge is -2.07. The van der Waals surface area contributed by atoms with Gasteiger partial charge in [-0.3, -0.25) is 0 Å². The first-order valence-corrected chi connectivity index (χ1v) is 6.83. The summed E-state index contributed by atoms with van der Waals surface area (Å²) < 4.78 is 7.75. The predicted molar refractivity (Wildman–Crippen MR) is 76.7 cm³/mol. The average Bonchev–Trinajstić information content (AvgIpc) is 2.66. The number of aryl methyl sites for hydroxylation is 1. The molecule has 0 aliphatic carbocycles. The van der Waals surface area contributed by atoms with Gasteiger partial charge in [-0.05, 0) is 48.8 Å². The van der Waals surface area contributed by atoms with Crippen LogP contribution in [0.15, 0.2) is 28.7 Å². The number of hydrogen-bond donors (Lipinski definition) is 0. The van der Waals surface area contributed by atoms with Crippen molar-refractivity contribution >= 4 is 21.9 Å². The van der Waals surface area contributed by atoms with E-state index in [1.165, 1.54) is 0 Å². The Labute approximate surface area is 120 Å². The summed E-state index contributed by atoms with van der Waals surface area (Å²) in [6, 6.07) is 7.75. The highest BCUT2D eigenvalue weighted by molar-refractivity contribution is 9.10. The minimum Gasteiger partial charge on any atom is -0.462 e. The summed E-state index contributed by atoms with van der Waals surface area (Å²) in [6.07, 6.45) is 0. The number of benzene rings is 1. The summed E-state index contributed by atoms with van der Waals surface area (Å²) in [5.41, 5.74) is 2.89. The molecule has 0 saturated heterocycles. The average molecular weight is 323 g/mol. The molecule has 0 bridgehead atoms. The van der Waals surface area contributed by atoms with E-state index in [9.17, 15) is 4.79 Å². The summed E-state index contributed by atoms with van der Waals surface area (Å²) in [5.74, 6) is -0.323. The normalized spacial score (nSPS) is 10.5. The molecule has 4 nitrogen and oxygen atoms in total. The number of para-hydroxylation sites is 1. The van der Waals surface area contributed by atoms with Crippen molar-refractivity contribution in [2.75, 3.05) is 6.61 Å². The third-order valence-corrected chi connectivity index (χ3v) is 3.52. The van der Waals surface area contributed by atoms with Gasteiger partial charge in [0.05, 0.1) is 23.7 Å². The van der Waals surface area contributed by atoms with Gasteiger partial charge in [0, 0.05) is 4.47 Å². The van der Waals surface area contributed by atoms with Gasteiger partial charge in [-0.2, -0.15) is 5.10 Å². The van der Waals surface area contributed by atoms with E-state index in [1.807, 2.05) is 38.1 Å². The van der Waals surface area contributed by atoms with Gasteiger partial charge in [0.1, 0.15) is 5.56 Å². The largest absolute Gasteiger partial charge is 0.462 e. The lowest BCUT2D eigenvalue weighted by Crippen LogP contribution is -2.08. The summed E-state index contributed by atoms with van der Waals surface area (Å²) in [5, 5.41) is 4.43. The fourth-order valence-electron chi connectivity index (χ4n) is 2.00. The number of halogens is 1. The van der Waals surface area contributed by atoms with Crippen LogP contribution in [0.2, 0.25) is 0 Å². The first-order chi connectivity index (χ1) is 9.06. The van der Waals surface area contributed by atoms with Crippen LogP contribution in [0.4, 0.5) is 0 Å². The summed E-state index contributed by atoms with van der Waals surface area (Å²) in [7, 11) is 0. The standard InChI is InChI=1S/C14H15BrN2O2/c1-4-19-14(18)13-9(2)16-17(10(13)3)12-8-6-5-7-11(12)15/h5-8H,4H2,1-3H3. The Morgan fingerprint density at radius 1 is 1.37 bits per heavy atom. The van der Waals surface area contributed by atoms with Crippen LogP contribution in [0.5, 0.6) is 0 Å². The van der Waals surface area contributed by atoms with Crippen LogP contribution >= 0.6 is 15.9 Å². The molecule has 0 fully saturated rings. The molecular weight excluding hydrogens is 308 g/mol. The summed E-state index contributed by atoms with van der Waals surface area (Å²) in [6.45, 7) is 5.83. The van der Waals surface area contributed by atoms with Crippen LogP contribution in [0.1, 0.15) is 28.7 Å². The molecule has 0 aliphatic rings. The molecule has 0 radical (unpaired) electrons. The van der Waals surface area contributed by atoms with Crippen molar-refractivity contribution in [2.45, 2.75) is 20.8 Å². The number of carbonyl (C=O) groups is 1. The number of hydrogen-bond acceptors (Lipinski definition) is 3. The molecule has 0 unspecified atom stereocenters. The summed E-state index contributed by atoms with van der Waals surface area (Å²) in [4.78, 5) is 11.9. The Kier molecular flexibility index (Phi) is 4.04. The number of esters is 1. The zero-order chi connectivity index (χ0) is 14.0. The van der Waals surface area contributed by atoms with E-state index in [4.69, 9.17) is 4.74 Å². The summed E-state index contributed by atoms with van der Waals surface area (Å²) >= 11 is 3.49. The molecule has 5 heteroatoms. The molecule has 100 valence electrons. The monoisotopic (exact) mass is 322 g/mol. The third-order valence-electron chi connectivity index (χ3n) is 2.85. The zero-order valence-electron chi connectivity index (χ0n) is 11.1. The van der Waals surface area contributed by atoms with Crippen LogP contribution in [0.3, 0.4) is 0 Å². The molecule has 1 aromatic carbocycles. The van der Waals surface area contributed by atoms with Crippen molar-refractivity contribution in [2.24, 2.45) is 0 Å². The molecule has 0 atom stereocenters. The van der Waals surface area contributed by atoms with E-state index in [2.05, 4.69) is 21.0 Å². The SMILES string of the molecule is CCOC(=O)c1c(C)nn(-c2ccccc2Br)c1C. The van der Waals surface area contributed by atoms with Gasteiger partial charge < -0.3 is 4.74 Å². The second-order valence-corrected chi connectivity index (χ2v) is 4.98. The van der Waals surface area contributed by atoms with Crippen molar-refractivity contribution in [1.82, 2.24) is 9.78 Å².